The van der Waals surface area contributed by atoms with Gasteiger partial charge in [0.2, 0.25) is 0 Å². The number of aryl methyl sites for hydroxylation is 4. The molecular formula is C14H23N5. The molecule has 0 saturated carbocycles. The van der Waals surface area contributed by atoms with Crippen LogP contribution in [0.25, 0.3) is 0 Å². The van der Waals surface area contributed by atoms with E-state index in [9.17, 15) is 0 Å². The molecule has 5 nitrogen and oxygen atoms in total. The number of nitrogens with zero attached hydrogens (tertiary/aromatic N) is 4. The van der Waals surface area contributed by atoms with E-state index < -0.39 is 0 Å². The molecule has 0 radical (unpaired) electrons. The van der Waals surface area contributed by atoms with Crippen LogP contribution in [0.5, 0.6) is 0 Å². The quantitative estimate of drug-likeness (QED) is 0.771. The lowest BCUT2D eigenvalue weighted by Crippen LogP contribution is -2.13. The highest BCUT2D eigenvalue weighted by molar-refractivity contribution is 5.15. The Bertz CT molecular complexity index is 512. The van der Waals surface area contributed by atoms with E-state index in [4.69, 9.17) is 0 Å². The Balaban J connectivity index is 1.90. The molecule has 104 valence electrons. The predicted molar refractivity (Wildman–Crippen MR) is 75.9 cm³/mol. The Morgan fingerprint density at radius 2 is 2.21 bits per heavy atom. The number of hydrogen-bond acceptors (Lipinski definition) is 3. The van der Waals surface area contributed by atoms with Crippen LogP contribution >= 0.6 is 0 Å². The topological polar surface area (TPSA) is 47.7 Å². The van der Waals surface area contributed by atoms with Gasteiger partial charge in [0, 0.05) is 50.7 Å². The van der Waals surface area contributed by atoms with Crippen LogP contribution in [0.2, 0.25) is 0 Å². The minimum absolute atomic E-state index is 0.874. The fourth-order valence-corrected chi connectivity index (χ4v) is 2.10. The number of imidazole rings is 1. The summed E-state index contributed by atoms with van der Waals surface area (Å²) in [5.74, 6) is 1.10. The molecule has 0 aliphatic carbocycles. The first-order chi connectivity index (χ1) is 9.20. The van der Waals surface area contributed by atoms with Crippen LogP contribution in [0, 0.1) is 6.92 Å². The van der Waals surface area contributed by atoms with Crippen molar-refractivity contribution in [3.63, 3.8) is 0 Å². The van der Waals surface area contributed by atoms with Gasteiger partial charge in [-0.3, -0.25) is 4.68 Å². The maximum absolute atomic E-state index is 4.56. The third-order valence-electron chi connectivity index (χ3n) is 3.28. The first kappa shape index (κ1) is 13.8. The van der Waals surface area contributed by atoms with E-state index in [1.165, 1.54) is 5.56 Å². The van der Waals surface area contributed by atoms with Crippen LogP contribution in [-0.4, -0.2) is 25.9 Å². The highest BCUT2D eigenvalue weighted by Crippen LogP contribution is 2.06. The molecule has 0 fully saturated rings. The first-order valence-corrected chi connectivity index (χ1v) is 6.90. The monoisotopic (exact) mass is 261 g/mol. The van der Waals surface area contributed by atoms with Crippen molar-refractivity contribution < 1.29 is 0 Å². The Labute approximate surface area is 114 Å². The summed E-state index contributed by atoms with van der Waals surface area (Å²) in [5.41, 5.74) is 2.40. The highest BCUT2D eigenvalue weighted by atomic mass is 15.3. The standard InChI is InChI=1S/C14H23N5/c1-4-6-15-10-13-11-19(17-12(13)2)8-5-14-16-7-9-18(14)3/h7,9,11,15H,4-6,8,10H2,1-3H3. The summed E-state index contributed by atoms with van der Waals surface area (Å²) in [6.07, 6.45) is 8.02. The smallest absolute Gasteiger partial charge is 0.110 e. The van der Waals surface area contributed by atoms with E-state index in [0.29, 0.717) is 0 Å². The average molecular weight is 261 g/mol. The SMILES string of the molecule is CCCNCc1cn(CCc2nccn2C)nc1C. The molecule has 0 spiro atoms. The molecule has 2 rings (SSSR count). The fraction of sp³-hybridized carbons (Fsp3) is 0.571. The molecule has 19 heavy (non-hydrogen) atoms. The molecule has 0 saturated heterocycles. The molecule has 0 unspecified atom stereocenters. The molecule has 0 atom stereocenters. The largest absolute Gasteiger partial charge is 0.338 e. The van der Waals surface area contributed by atoms with Crippen molar-refractivity contribution in [1.29, 1.82) is 0 Å². The molecule has 0 aliphatic rings. The lowest BCUT2D eigenvalue weighted by molar-refractivity contribution is 0.585. The second-order valence-corrected chi connectivity index (χ2v) is 4.88. The average Bonchev–Trinajstić information content (AvgIpc) is 2.94. The summed E-state index contributed by atoms with van der Waals surface area (Å²) in [4.78, 5) is 4.33. The van der Waals surface area contributed by atoms with Crippen LogP contribution < -0.4 is 5.32 Å². The predicted octanol–water partition coefficient (Wildman–Crippen LogP) is 1.67. The third-order valence-corrected chi connectivity index (χ3v) is 3.28. The molecule has 0 bridgehead atoms. The van der Waals surface area contributed by atoms with E-state index in [2.05, 4.69) is 40.0 Å². The van der Waals surface area contributed by atoms with Gasteiger partial charge >= 0.3 is 0 Å². The maximum Gasteiger partial charge on any atom is 0.110 e. The molecule has 2 aromatic heterocycles. The van der Waals surface area contributed by atoms with Crippen molar-refractivity contribution in [1.82, 2.24) is 24.6 Å². The van der Waals surface area contributed by atoms with Gasteiger partial charge in [0.25, 0.3) is 0 Å². The highest BCUT2D eigenvalue weighted by Gasteiger charge is 2.05. The van der Waals surface area contributed by atoms with Gasteiger partial charge in [-0.25, -0.2) is 4.98 Å². The molecular weight excluding hydrogens is 238 g/mol. The van der Waals surface area contributed by atoms with Gasteiger partial charge in [-0.05, 0) is 19.9 Å². The molecule has 2 heterocycles. The van der Waals surface area contributed by atoms with Crippen molar-refractivity contribution in [3.05, 3.63) is 35.7 Å². The Kier molecular flexibility index (Phi) is 4.74. The zero-order chi connectivity index (χ0) is 13.7. The van der Waals surface area contributed by atoms with Crippen molar-refractivity contribution in [3.8, 4) is 0 Å². The van der Waals surface area contributed by atoms with E-state index in [1.807, 2.05) is 24.1 Å². The second kappa shape index (κ2) is 6.52. The third kappa shape index (κ3) is 3.67. The van der Waals surface area contributed by atoms with Gasteiger partial charge in [-0.1, -0.05) is 6.92 Å². The zero-order valence-corrected chi connectivity index (χ0v) is 12.1. The number of rotatable bonds is 7. The lowest BCUT2D eigenvalue weighted by Gasteiger charge is -2.02. The minimum atomic E-state index is 0.874. The van der Waals surface area contributed by atoms with Crippen LogP contribution in [0.1, 0.15) is 30.4 Å². The Morgan fingerprint density at radius 1 is 1.37 bits per heavy atom. The Morgan fingerprint density at radius 3 is 2.89 bits per heavy atom. The number of nitrogens with one attached hydrogen (secondary N) is 1. The van der Waals surface area contributed by atoms with Gasteiger partial charge in [0.15, 0.2) is 0 Å². The molecule has 0 aromatic carbocycles. The summed E-state index contributed by atoms with van der Waals surface area (Å²) >= 11 is 0. The van der Waals surface area contributed by atoms with Crippen LogP contribution in [-0.2, 0) is 26.6 Å². The van der Waals surface area contributed by atoms with Gasteiger partial charge in [-0.2, -0.15) is 5.10 Å². The molecule has 2 aromatic rings. The van der Waals surface area contributed by atoms with Crippen molar-refractivity contribution in [2.75, 3.05) is 6.54 Å². The summed E-state index contributed by atoms with van der Waals surface area (Å²) in [6.45, 7) is 7.08. The Hall–Kier alpha value is -1.62. The van der Waals surface area contributed by atoms with Gasteiger partial charge < -0.3 is 9.88 Å². The molecule has 0 amide bonds. The normalized spacial score (nSPS) is 11.1. The van der Waals surface area contributed by atoms with E-state index >= 15 is 0 Å². The van der Waals surface area contributed by atoms with E-state index in [1.54, 1.807) is 0 Å². The van der Waals surface area contributed by atoms with Gasteiger partial charge in [0.1, 0.15) is 5.82 Å². The summed E-state index contributed by atoms with van der Waals surface area (Å²) < 4.78 is 4.08. The zero-order valence-electron chi connectivity index (χ0n) is 12.1. The van der Waals surface area contributed by atoms with E-state index in [-0.39, 0.29) is 0 Å². The summed E-state index contributed by atoms with van der Waals surface area (Å²) in [7, 11) is 2.02. The van der Waals surface area contributed by atoms with Gasteiger partial charge in [0.05, 0.1) is 5.69 Å². The number of hydrogen-bond donors (Lipinski definition) is 1. The maximum atomic E-state index is 4.56. The van der Waals surface area contributed by atoms with Crippen LogP contribution in [0.4, 0.5) is 0 Å². The summed E-state index contributed by atoms with van der Waals surface area (Å²) in [5, 5.41) is 7.97. The fourth-order valence-electron chi connectivity index (χ4n) is 2.10. The lowest BCUT2D eigenvalue weighted by atomic mass is 10.2. The second-order valence-electron chi connectivity index (χ2n) is 4.88. The molecule has 5 heteroatoms. The van der Waals surface area contributed by atoms with Crippen molar-refractivity contribution >= 4 is 0 Å². The first-order valence-electron chi connectivity index (χ1n) is 6.90. The van der Waals surface area contributed by atoms with Crippen molar-refractivity contribution in [2.24, 2.45) is 7.05 Å². The minimum Gasteiger partial charge on any atom is -0.338 e. The molecule has 1 N–H and O–H groups in total. The van der Waals surface area contributed by atoms with E-state index in [0.717, 1.165) is 44.0 Å². The van der Waals surface area contributed by atoms with Crippen molar-refractivity contribution in [2.45, 2.75) is 39.8 Å². The van der Waals surface area contributed by atoms with Crippen LogP contribution in [0.3, 0.4) is 0 Å². The summed E-state index contributed by atoms with van der Waals surface area (Å²) in [6, 6.07) is 0. The molecule has 0 aliphatic heterocycles. The number of aromatic nitrogens is 4. The van der Waals surface area contributed by atoms with Crippen LogP contribution in [0.15, 0.2) is 18.6 Å². The van der Waals surface area contributed by atoms with Gasteiger partial charge in [-0.15, -0.1) is 0 Å².